The first-order chi connectivity index (χ1) is 11.3. The van der Waals surface area contributed by atoms with Crippen LogP contribution in [0.25, 0.3) is 22.2 Å². The predicted molar refractivity (Wildman–Crippen MR) is 92.1 cm³/mol. The van der Waals surface area contributed by atoms with E-state index in [1.807, 2.05) is 48.4 Å². The second-order valence-corrected chi connectivity index (χ2v) is 5.51. The number of hydrogen-bond donors (Lipinski definition) is 2. The maximum atomic E-state index is 4.38. The van der Waals surface area contributed by atoms with Gasteiger partial charge in [-0.25, -0.2) is 0 Å². The molecule has 4 rings (SSSR count). The second kappa shape index (κ2) is 5.61. The van der Waals surface area contributed by atoms with Gasteiger partial charge in [0.1, 0.15) is 0 Å². The Morgan fingerprint density at radius 3 is 2.83 bits per heavy atom. The van der Waals surface area contributed by atoms with Crippen LogP contribution in [0.15, 0.2) is 61.1 Å². The highest BCUT2D eigenvalue weighted by molar-refractivity contribution is 5.79. The Balaban J connectivity index is 1.60. The van der Waals surface area contributed by atoms with Crippen molar-refractivity contribution in [1.82, 2.24) is 19.7 Å². The summed E-state index contributed by atoms with van der Waals surface area (Å²) in [5.74, 6) is 0. The zero-order chi connectivity index (χ0) is 15.6. The van der Waals surface area contributed by atoms with Gasteiger partial charge in [-0.3, -0.25) is 9.67 Å². The molecule has 3 heterocycles. The van der Waals surface area contributed by atoms with Gasteiger partial charge in [0, 0.05) is 41.6 Å². The van der Waals surface area contributed by atoms with Crippen LogP contribution in [0.2, 0.25) is 0 Å². The Hall–Kier alpha value is -3.08. The van der Waals surface area contributed by atoms with Crippen molar-refractivity contribution in [3.63, 3.8) is 0 Å². The first-order valence-corrected chi connectivity index (χ1v) is 7.54. The van der Waals surface area contributed by atoms with E-state index >= 15 is 0 Å². The van der Waals surface area contributed by atoms with E-state index in [1.165, 1.54) is 0 Å². The fourth-order valence-corrected chi connectivity index (χ4v) is 2.82. The van der Waals surface area contributed by atoms with Gasteiger partial charge in [-0.1, -0.05) is 30.3 Å². The van der Waals surface area contributed by atoms with Crippen LogP contribution >= 0.6 is 0 Å². The van der Waals surface area contributed by atoms with Gasteiger partial charge in [0.05, 0.1) is 24.1 Å². The van der Waals surface area contributed by atoms with Crippen molar-refractivity contribution in [2.45, 2.75) is 6.54 Å². The van der Waals surface area contributed by atoms with Gasteiger partial charge in [-0.15, -0.1) is 0 Å². The van der Waals surface area contributed by atoms with Gasteiger partial charge in [0.15, 0.2) is 0 Å². The minimum Gasteiger partial charge on any atom is -0.376 e. The van der Waals surface area contributed by atoms with Crippen molar-refractivity contribution < 1.29 is 0 Å². The van der Waals surface area contributed by atoms with Crippen molar-refractivity contribution in [1.29, 1.82) is 0 Å². The third-order valence-corrected chi connectivity index (χ3v) is 3.93. The van der Waals surface area contributed by atoms with Crippen LogP contribution < -0.4 is 5.32 Å². The summed E-state index contributed by atoms with van der Waals surface area (Å²) in [7, 11) is 1.96. The van der Waals surface area contributed by atoms with E-state index in [9.17, 15) is 0 Å². The van der Waals surface area contributed by atoms with Gasteiger partial charge in [0.25, 0.3) is 0 Å². The Morgan fingerprint density at radius 1 is 1.13 bits per heavy atom. The molecule has 0 bridgehead atoms. The van der Waals surface area contributed by atoms with E-state index < -0.39 is 0 Å². The number of pyridine rings is 1. The lowest BCUT2D eigenvalue weighted by molar-refractivity contribution is 0.776. The monoisotopic (exact) mass is 303 g/mol. The molecule has 3 aromatic heterocycles. The van der Waals surface area contributed by atoms with Gasteiger partial charge in [0.2, 0.25) is 0 Å². The number of rotatable bonds is 4. The molecule has 114 valence electrons. The maximum Gasteiger partial charge on any atom is 0.0910 e. The first kappa shape index (κ1) is 13.6. The Bertz CT molecular complexity index is 903. The van der Waals surface area contributed by atoms with Crippen molar-refractivity contribution in [2.24, 2.45) is 7.05 Å². The molecule has 0 fully saturated rings. The first-order valence-electron chi connectivity index (χ1n) is 7.54. The standard InChI is InChI=1S/C18H17N5/c1-23-18(13-5-3-2-4-6-13)17(12-21-23)20-11-15-9-14-10-19-8-7-16(14)22-15/h2-10,12,20,22H,11H2,1H3. The van der Waals surface area contributed by atoms with E-state index in [1.54, 1.807) is 6.20 Å². The molecule has 0 aliphatic carbocycles. The molecule has 0 aliphatic rings. The number of nitrogens with zero attached hydrogens (tertiary/aromatic N) is 3. The molecule has 4 aromatic rings. The second-order valence-electron chi connectivity index (χ2n) is 5.51. The largest absolute Gasteiger partial charge is 0.376 e. The van der Waals surface area contributed by atoms with Crippen LogP contribution in [0.3, 0.4) is 0 Å². The summed E-state index contributed by atoms with van der Waals surface area (Å²) in [6.07, 6.45) is 5.53. The van der Waals surface area contributed by atoms with E-state index in [-0.39, 0.29) is 0 Å². The SMILES string of the molecule is Cn1ncc(NCc2cc3cnccc3[nH]2)c1-c1ccccc1. The van der Waals surface area contributed by atoms with E-state index in [4.69, 9.17) is 0 Å². The minimum absolute atomic E-state index is 0.709. The van der Waals surface area contributed by atoms with Gasteiger partial charge < -0.3 is 10.3 Å². The highest BCUT2D eigenvalue weighted by Crippen LogP contribution is 2.27. The van der Waals surface area contributed by atoms with Gasteiger partial charge in [-0.05, 0) is 12.1 Å². The highest BCUT2D eigenvalue weighted by Gasteiger charge is 2.10. The minimum atomic E-state index is 0.709. The fraction of sp³-hybridized carbons (Fsp3) is 0.111. The molecular formula is C18H17N5. The molecule has 5 heteroatoms. The molecule has 0 unspecified atom stereocenters. The lowest BCUT2D eigenvalue weighted by Crippen LogP contribution is -2.01. The van der Waals surface area contributed by atoms with Crippen LogP contribution in [0.4, 0.5) is 5.69 Å². The maximum absolute atomic E-state index is 4.38. The highest BCUT2D eigenvalue weighted by atomic mass is 15.3. The topological polar surface area (TPSA) is 58.5 Å². The Kier molecular flexibility index (Phi) is 3.31. The lowest BCUT2D eigenvalue weighted by atomic mass is 10.1. The third-order valence-electron chi connectivity index (χ3n) is 3.93. The molecule has 0 spiro atoms. The predicted octanol–water partition coefficient (Wildman–Crippen LogP) is 3.58. The van der Waals surface area contributed by atoms with Crippen molar-refractivity contribution >= 4 is 16.6 Å². The molecule has 5 nitrogen and oxygen atoms in total. The number of aromatic nitrogens is 4. The zero-order valence-corrected chi connectivity index (χ0v) is 12.8. The summed E-state index contributed by atoms with van der Waals surface area (Å²) in [6.45, 7) is 0.709. The summed E-state index contributed by atoms with van der Waals surface area (Å²) in [5.41, 5.74) is 5.48. The van der Waals surface area contributed by atoms with Crippen LogP contribution in [-0.2, 0) is 13.6 Å². The smallest absolute Gasteiger partial charge is 0.0910 e. The van der Waals surface area contributed by atoms with Crippen molar-refractivity contribution in [2.75, 3.05) is 5.32 Å². The number of anilines is 1. The molecule has 0 aliphatic heterocycles. The summed E-state index contributed by atoms with van der Waals surface area (Å²) < 4.78 is 1.90. The number of fused-ring (bicyclic) bond motifs is 1. The number of nitrogens with one attached hydrogen (secondary N) is 2. The molecule has 0 saturated carbocycles. The van der Waals surface area contributed by atoms with E-state index in [0.717, 1.165) is 33.5 Å². The van der Waals surface area contributed by atoms with Crippen molar-refractivity contribution in [3.8, 4) is 11.3 Å². The van der Waals surface area contributed by atoms with Gasteiger partial charge >= 0.3 is 0 Å². The van der Waals surface area contributed by atoms with Crippen molar-refractivity contribution in [3.05, 3.63) is 66.7 Å². The summed E-state index contributed by atoms with van der Waals surface area (Å²) in [5, 5.41) is 8.98. The van der Waals surface area contributed by atoms with E-state index in [2.05, 4.69) is 38.6 Å². The number of H-pyrrole nitrogens is 1. The molecule has 2 N–H and O–H groups in total. The molecule has 0 radical (unpaired) electrons. The lowest BCUT2D eigenvalue weighted by Gasteiger charge is -2.08. The van der Waals surface area contributed by atoms with Crippen LogP contribution in [0.5, 0.6) is 0 Å². The normalized spacial score (nSPS) is 11.0. The van der Waals surface area contributed by atoms with E-state index in [0.29, 0.717) is 6.54 Å². The molecule has 1 aromatic carbocycles. The molecule has 0 saturated heterocycles. The molecule has 0 atom stereocenters. The Labute approximate surface area is 134 Å². The molecule has 23 heavy (non-hydrogen) atoms. The van der Waals surface area contributed by atoms with Crippen LogP contribution in [0.1, 0.15) is 5.69 Å². The Morgan fingerprint density at radius 2 is 2.00 bits per heavy atom. The zero-order valence-electron chi connectivity index (χ0n) is 12.8. The van der Waals surface area contributed by atoms with Gasteiger partial charge in [-0.2, -0.15) is 5.10 Å². The molecule has 0 amide bonds. The van der Waals surface area contributed by atoms with Crippen LogP contribution in [0, 0.1) is 0 Å². The fourth-order valence-electron chi connectivity index (χ4n) is 2.82. The summed E-state index contributed by atoms with van der Waals surface area (Å²) in [6, 6.07) is 14.4. The third kappa shape index (κ3) is 2.57. The summed E-state index contributed by atoms with van der Waals surface area (Å²) in [4.78, 5) is 7.55. The quantitative estimate of drug-likeness (QED) is 0.606. The average Bonchev–Trinajstić information content (AvgIpc) is 3.16. The number of benzene rings is 1. The number of hydrogen-bond acceptors (Lipinski definition) is 3. The molecular weight excluding hydrogens is 286 g/mol. The number of aryl methyl sites for hydroxylation is 1. The summed E-state index contributed by atoms with van der Waals surface area (Å²) >= 11 is 0. The average molecular weight is 303 g/mol. The van der Waals surface area contributed by atoms with Crippen LogP contribution in [-0.4, -0.2) is 19.7 Å². The number of aromatic amines is 1.